The topological polar surface area (TPSA) is 3.24 Å². The van der Waals surface area contributed by atoms with Crippen molar-refractivity contribution in [1.82, 2.24) is 4.90 Å². The quantitative estimate of drug-likeness (QED) is 0.621. The van der Waals surface area contributed by atoms with Crippen LogP contribution in [-0.2, 0) is 0 Å². The summed E-state index contributed by atoms with van der Waals surface area (Å²) in [7, 11) is 0. The highest BCUT2D eigenvalue weighted by atomic mass is 19.4. The van der Waals surface area contributed by atoms with Gasteiger partial charge in [0.2, 0.25) is 0 Å². The molecular weight excluding hydrogens is 179 g/mol. The van der Waals surface area contributed by atoms with Crippen molar-refractivity contribution >= 4 is 0 Å². The monoisotopic (exact) mass is 195 g/mol. The van der Waals surface area contributed by atoms with Gasteiger partial charge in [-0.15, -0.1) is 0 Å². The first-order valence-corrected chi connectivity index (χ1v) is 4.72. The predicted octanol–water partition coefficient (Wildman–Crippen LogP) is 2.67. The number of hydrogen-bond acceptors (Lipinski definition) is 1. The van der Waals surface area contributed by atoms with E-state index < -0.39 is 12.1 Å². The van der Waals surface area contributed by atoms with Crippen molar-refractivity contribution in [2.45, 2.75) is 38.9 Å². The van der Waals surface area contributed by atoms with Gasteiger partial charge in [0.1, 0.15) is 0 Å². The van der Waals surface area contributed by atoms with Crippen LogP contribution >= 0.6 is 0 Å². The molecule has 1 saturated heterocycles. The summed E-state index contributed by atoms with van der Waals surface area (Å²) in [5.41, 5.74) is 0. The van der Waals surface area contributed by atoms with E-state index in [1.807, 2.05) is 18.7 Å². The zero-order valence-corrected chi connectivity index (χ0v) is 8.06. The van der Waals surface area contributed by atoms with Crippen LogP contribution in [0.3, 0.4) is 0 Å². The van der Waals surface area contributed by atoms with Crippen LogP contribution in [0.1, 0.15) is 26.7 Å². The highest BCUT2D eigenvalue weighted by Gasteiger charge is 2.41. The van der Waals surface area contributed by atoms with Crippen molar-refractivity contribution in [3.63, 3.8) is 0 Å². The predicted molar refractivity (Wildman–Crippen MR) is 45.5 cm³/mol. The molecule has 0 N–H and O–H groups in total. The van der Waals surface area contributed by atoms with Crippen molar-refractivity contribution in [1.29, 1.82) is 0 Å². The molecule has 4 heteroatoms. The molecule has 0 aliphatic carbocycles. The van der Waals surface area contributed by atoms with Crippen LogP contribution in [0.5, 0.6) is 0 Å². The molecule has 1 fully saturated rings. The second kappa shape index (κ2) is 3.86. The number of likely N-dealkylation sites (tertiary alicyclic amines) is 1. The number of rotatable bonds is 1. The SMILES string of the molecule is CC(C)N1CCCC(C(F)(F)F)C1. The molecule has 0 aromatic rings. The van der Waals surface area contributed by atoms with Crippen molar-refractivity contribution in [2.75, 3.05) is 13.1 Å². The lowest BCUT2D eigenvalue weighted by molar-refractivity contribution is -0.188. The van der Waals surface area contributed by atoms with Crippen LogP contribution in [0.2, 0.25) is 0 Å². The summed E-state index contributed by atoms with van der Waals surface area (Å²) in [6.07, 6.45) is -3.04. The lowest BCUT2D eigenvalue weighted by atomic mass is 9.96. The van der Waals surface area contributed by atoms with Crippen molar-refractivity contribution in [3.05, 3.63) is 0 Å². The number of nitrogens with zero attached hydrogens (tertiary/aromatic N) is 1. The summed E-state index contributed by atoms with van der Waals surface area (Å²) < 4.78 is 37.1. The van der Waals surface area contributed by atoms with E-state index in [9.17, 15) is 13.2 Å². The number of halogens is 3. The third-order valence-electron chi connectivity index (χ3n) is 2.65. The van der Waals surface area contributed by atoms with Crippen molar-refractivity contribution < 1.29 is 13.2 Å². The second-order valence-electron chi connectivity index (χ2n) is 3.97. The van der Waals surface area contributed by atoms with Gasteiger partial charge in [-0.05, 0) is 33.2 Å². The van der Waals surface area contributed by atoms with Crippen LogP contribution in [0.4, 0.5) is 13.2 Å². The smallest absolute Gasteiger partial charge is 0.300 e. The van der Waals surface area contributed by atoms with Gasteiger partial charge < -0.3 is 4.90 Å². The Bertz CT molecular complexity index is 165. The number of hydrogen-bond donors (Lipinski definition) is 0. The minimum atomic E-state index is -4.01. The van der Waals surface area contributed by atoms with E-state index in [1.165, 1.54) is 0 Å². The van der Waals surface area contributed by atoms with Gasteiger partial charge in [0.05, 0.1) is 5.92 Å². The van der Waals surface area contributed by atoms with E-state index >= 15 is 0 Å². The van der Waals surface area contributed by atoms with Crippen LogP contribution < -0.4 is 0 Å². The Labute approximate surface area is 76.9 Å². The van der Waals surface area contributed by atoms with E-state index in [0.29, 0.717) is 12.8 Å². The van der Waals surface area contributed by atoms with E-state index in [1.54, 1.807) is 0 Å². The third-order valence-corrected chi connectivity index (χ3v) is 2.65. The first kappa shape index (κ1) is 10.8. The molecule has 0 radical (unpaired) electrons. The van der Waals surface area contributed by atoms with Gasteiger partial charge >= 0.3 is 6.18 Å². The Morgan fingerprint density at radius 2 is 1.92 bits per heavy atom. The first-order chi connectivity index (χ1) is 5.91. The summed E-state index contributed by atoms with van der Waals surface area (Å²) in [5.74, 6) is -1.11. The minimum absolute atomic E-state index is 0.182. The van der Waals surface area contributed by atoms with Crippen molar-refractivity contribution in [2.24, 2.45) is 5.92 Å². The Morgan fingerprint density at radius 3 is 2.38 bits per heavy atom. The van der Waals surface area contributed by atoms with Gasteiger partial charge in [0.15, 0.2) is 0 Å². The van der Waals surface area contributed by atoms with Gasteiger partial charge in [0, 0.05) is 12.6 Å². The van der Waals surface area contributed by atoms with Crippen LogP contribution in [-0.4, -0.2) is 30.2 Å². The maximum absolute atomic E-state index is 12.4. The van der Waals surface area contributed by atoms with Crippen molar-refractivity contribution in [3.8, 4) is 0 Å². The molecule has 1 aliphatic rings. The van der Waals surface area contributed by atoms with E-state index in [-0.39, 0.29) is 12.6 Å². The van der Waals surface area contributed by atoms with Crippen LogP contribution in [0, 0.1) is 5.92 Å². The average Bonchev–Trinajstić information content (AvgIpc) is 2.03. The molecule has 0 bridgehead atoms. The zero-order chi connectivity index (χ0) is 10.1. The summed E-state index contributed by atoms with van der Waals surface area (Å²) in [6.45, 7) is 4.88. The Morgan fingerprint density at radius 1 is 1.31 bits per heavy atom. The highest BCUT2D eigenvalue weighted by Crippen LogP contribution is 2.33. The molecule has 0 saturated carbocycles. The molecule has 1 nitrogen and oxygen atoms in total. The third kappa shape index (κ3) is 2.86. The summed E-state index contributed by atoms with van der Waals surface area (Å²) in [6, 6.07) is 0.227. The molecule has 0 spiro atoms. The van der Waals surface area contributed by atoms with Gasteiger partial charge in [-0.1, -0.05) is 0 Å². The molecule has 1 unspecified atom stereocenters. The minimum Gasteiger partial charge on any atom is -0.300 e. The molecule has 0 aromatic carbocycles. The lowest BCUT2D eigenvalue weighted by Gasteiger charge is -2.36. The standard InChI is InChI=1S/C9H16F3N/c1-7(2)13-5-3-4-8(6-13)9(10,11)12/h7-8H,3-6H2,1-2H3. The van der Waals surface area contributed by atoms with E-state index in [2.05, 4.69) is 0 Å². The first-order valence-electron chi connectivity index (χ1n) is 4.72. The molecule has 0 amide bonds. The summed E-state index contributed by atoms with van der Waals surface area (Å²) in [4.78, 5) is 1.90. The molecule has 78 valence electrons. The van der Waals surface area contributed by atoms with E-state index in [0.717, 1.165) is 6.54 Å². The lowest BCUT2D eigenvalue weighted by Crippen LogP contribution is -2.44. The average molecular weight is 195 g/mol. The molecule has 13 heavy (non-hydrogen) atoms. The number of piperidine rings is 1. The fraction of sp³-hybridized carbons (Fsp3) is 1.00. The normalized spacial score (nSPS) is 26.8. The van der Waals surface area contributed by atoms with Crippen LogP contribution in [0.15, 0.2) is 0 Å². The molecule has 1 heterocycles. The molecule has 0 aromatic heterocycles. The molecular formula is C9H16F3N. The fourth-order valence-electron chi connectivity index (χ4n) is 1.74. The molecule has 1 aliphatic heterocycles. The van der Waals surface area contributed by atoms with Gasteiger partial charge in [0.25, 0.3) is 0 Å². The summed E-state index contributed by atoms with van der Waals surface area (Å²) >= 11 is 0. The van der Waals surface area contributed by atoms with E-state index in [4.69, 9.17) is 0 Å². The van der Waals surface area contributed by atoms with Crippen LogP contribution in [0.25, 0.3) is 0 Å². The molecule has 1 rings (SSSR count). The van der Waals surface area contributed by atoms with Gasteiger partial charge in [-0.3, -0.25) is 0 Å². The Kier molecular flexibility index (Phi) is 3.22. The maximum atomic E-state index is 12.4. The van der Waals surface area contributed by atoms with Gasteiger partial charge in [-0.2, -0.15) is 13.2 Å². The highest BCUT2D eigenvalue weighted by molar-refractivity contribution is 4.79. The fourth-order valence-corrected chi connectivity index (χ4v) is 1.74. The Hall–Kier alpha value is -0.250. The van der Waals surface area contributed by atoms with Gasteiger partial charge in [-0.25, -0.2) is 0 Å². The Balaban J connectivity index is 2.52. The maximum Gasteiger partial charge on any atom is 0.393 e. The molecule has 1 atom stereocenters. The zero-order valence-electron chi connectivity index (χ0n) is 8.06. The largest absolute Gasteiger partial charge is 0.393 e. The number of alkyl halides is 3. The summed E-state index contributed by atoms with van der Waals surface area (Å²) in [5, 5.41) is 0. The second-order valence-corrected chi connectivity index (χ2v) is 3.97.